The summed E-state index contributed by atoms with van der Waals surface area (Å²) in [6, 6.07) is 4.71. The zero-order valence-corrected chi connectivity index (χ0v) is 7.88. The SMILES string of the molecule is Oc1ccc(C2(O)CCC2)c(Cl)c1. The molecule has 0 aliphatic heterocycles. The second-order valence-electron chi connectivity index (χ2n) is 3.55. The first kappa shape index (κ1) is 8.85. The number of phenolic OH excluding ortho intramolecular Hbond substituents is 1. The molecule has 0 unspecified atom stereocenters. The Labute approximate surface area is 81.8 Å². The van der Waals surface area contributed by atoms with Crippen LogP contribution in [0.3, 0.4) is 0 Å². The van der Waals surface area contributed by atoms with Crippen molar-refractivity contribution >= 4 is 11.6 Å². The van der Waals surface area contributed by atoms with E-state index in [4.69, 9.17) is 16.7 Å². The molecule has 0 saturated heterocycles. The van der Waals surface area contributed by atoms with Gasteiger partial charge >= 0.3 is 0 Å². The zero-order valence-electron chi connectivity index (χ0n) is 7.13. The van der Waals surface area contributed by atoms with Gasteiger partial charge in [-0.25, -0.2) is 0 Å². The standard InChI is InChI=1S/C10H11ClO2/c11-9-6-7(12)2-3-8(9)10(13)4-1-5-10/h2-3,6,12-13H,1,4-5H2. The summed E-state index contributed by atoms with van der Waals surface area (Å²) >= 11 is 5.91. The van der Waals surface area contributed by atoms with Crippen molar-refractivity contribution in [1.82, 2.24) is 0 Å². The number of hydrogen-bond donors (Lipinski definition) is 2. The summed E-state index contributed by atoms with van der Waals surface area (Å²) in [6.45, 7) is 0. The van der Waals surface area contributed by atoms with Crippen molar-refractivity contribution < 1.29 is 10.2 Å². The van der Waals surface area contributed by atoms with E-state index in [0.717, 1.165) is 24.8 Å². The number of aliphatic hydroxyl groups is 1. The molecule has 1 fully saturated rings. The van der Waals surface area contributed by atoms with Crippen LogP contribution in [0.4, 0.5) is 0 Å². The molecule has 1 aromatic rings. The Morgan fingerprint density at radius 3 is 2.46 bits per heavy atom. The highest BCUT2D eigenvalue weighted by Crippen LogP contribution is 2.44. The van der Waals surface area contributed by atoms with Crippen molar-refractivity contribution in [3.8, 4) is 5.75 Å². The van der Waals surface area contributed by atoms with E-state index < -0.39 is 5.60 Å². The van der Waals surface area contributed by atoms with Gasteiger partial charge in [-0.05, 0) is 31.4 Å². The normalized spacial score (nSPS) is 19.5. The van der Waals surface area contributed by atoms with Gasteiger partial charge in [-0.1, -0.05) is 17.7 Å². The van der Waals surface area contributed by atoms with Gasteiger partial charge in [0.15, 0.2) is 0 Å². The minimum Gasteiger partial charge on any atom is -0.508 e. The molecule has 0 aromatic heterocycles. The first-order valence-corrected chi connectivity index (χ1v) is 4.71. The molecule has 2 rings (SSSR count). The van der Waals surface area contributed by atoms with Crippen LogP contribution in [0.2, 0.25) is 5.02 Å². The van der Waals surface area contributed by atoms with E-state index in [1.807, 2.05) is 0 Å². The van der Waals surface area contributed by atoms with E-state index in [1.165, 1.54) is 6.07 Å². The first-order chi connectivity index (χ1) is 6.12. The van der Waals surface area contributed by atoms with Gasteiger partial charge in [0.1, 0.15) is 5.75 Å². The minimum atomic E-state index is -0.745. The van der Waals surface area contributed by atoms with Crippen molar-refractivity contribution in [2.45, 2.75) is 24.9 Å². The zero-order chi connectivity index (χ0) is 9.47. The van der Waals surface area contributed by atoms with Crippen LogP contribution in [0.15, 0.2) is 18.2 Å². The summed E-state index contributed by atoms with van der Waals surface area (Å²) in [7, 11) is 0. The van der Waals surface area contributed by atoms with Crippen molar-refractivity contribution in [1.29, 1.82) is 0 Å². The Morgan fingerprint density at radius 1 is 1.31 bits per heavy atom. The van der Waals surface area contributed by atoms with Crippen molar-refractivity contribution in [2.75, 3.05) is 0 Å². The molecule has 3 heteroatoms. The van der Waals surface area contributed by atoms with E-state index >= 15 is 0 Å². The summed E-state index contributed by atoms with van der Waals surface area (Å²) in [6.07, 6.45) is 2.56. The van der Waals surface area contributed by atoms with Crippen molar-refractivity contribution in [2.24, 2.45) is 0 Å². The van der Waals surface area contributed by atoms with Gasteiger partial charge in [0, 0.05) is 5.56 Å². The molecular weight excluding hydrogens is 188 g/mol. The van der Waals surface area contributed by atoms with E-state index in [9.17, 15) is 5.11 Å². The number of phenols is 1. The van der Waals surface area contributed by atoms with Gasteiger partial charge in [-0.3, -0.25) is 0 Å². The molecule has 1 saturated carbocycles. The molecule has 2 N–H and O–H groups in total. The fourth-order valence-corrected chi connectivity index (χ4v) is 2.01. The van der Waals surface area contributed by atoms with Crippen LogP contribution in [0.5, 0.6) is 5.75 Å². The minimum absolute atomic E-state index is 0.136. The van der Waals surface area contributed by atoms with Crippen LogP contribution in [0.25, 0.3) is 0 Å². The highest BCUT2D eigenvalue weighted by Gasteiger charge is 2.37. The van der Waals surface area contributed by atoms with Crippen LogP contribution < -0.4 is 0 Å². The average molecular weight is 199 g/mol. The number of halogens is 1. The molecule has 0 atom stereocenters. The molecule has 0 bridgehead atoms. The maximum Gasteiger partial charge on any atom is 0.117 e. The van der Waals surface area contributed by atoms with E-state index in [0.29, 0.717) is 5.02 Å². The maximum atomic E-state index is 9.99. The molecule has 70 valence electrons. The van der Waals surface area contributed by atoms with Gasteiger partial charge in [-0.15, -0.1) is 0 Å². The van der Waals surface area contributed by atoms with Crippen LogP contribution in [0, 0.1) is 0 Å². The average Bonchev–Trinajstić information content (AvgIpc) is 2.00. The summed E-state index contributed by atoms with van der Waals surface area (Å²) < 4.78 is 0. The van der Waals surface area contributed by atoms with Gasteiger partial charge in [-0.2, -0.15) is 0 Å². The van der Waals surface area contributed by atoms with Gasteiger partial charge in [0.25, 0.3) is 0 Å². The van der Waals surface area contributed by atoms with Crippen LogP contribution in [-0.2, 0) is 5.60 Å². The monoisotopic (exact) mass is 198 g/mol. The van der Waals surface area contributed by atoms with Crippen LogP contribution in [-0.4, -0.2) is 10.2 Å². The smallest absolute Gasteiger partial charge is 0.117 e. The Morgan fingerprint density at radius 2 is 2.00 bits per heavy atom. The lowest BCUT2D eigenvalue weighted by molar-refractivity contribution is -0.0387. The second kappa shape index (κ2) is 2.89. The topological polar surface area (TPSA) is 40.5 Å². The van der Waals surface area contributed by atoms with Gasteiger partial charge in [0.2, 0.25) is 0 Å². The fraction of sp³-hybridized carbons (Fsp3) is 0.400. The summed E-state index contributed by atoms with van der Waals surface area (Å²) in [5.74, 6) is 0.136. The largest absolute Gasteiger partial charge is 0.508 e. The number of rotatable bonds is 1. The van der Waals surface area contributed by atoms with E-state index in [2.05, 4.69) is 0 Å². The van der Waals surface area contributed by atoms with Crippen LogP contribution in [0.1, 0.15) is 24.8 Å². The third-order valence-electron chi connectivity index (χ3n) is 2.63. The lowest BCUT2D eigenvalue weighted by Gasteiger charge is -2.37. The highest BCUT2D eigenvalue weighted by molar-refractivity contribution is 6.31. The van der Waals surface area contributed by atoms with Crippen molar-refractivity contribution in [3.63, 3.8) is 0 Å². The number of hydrogen-bond acceptors (Lipinski definition) is 2. The summed E-state index contributed by atoms with van der Waals surface area (Å²) in [4.78, 5) is 0. The van der Waals surface area contributed by atoms with Crippen molar-refractivity contribution in [3.05, 3.63) is 28.8 Å². The van der Waals surface area contributed by atoms with Gasteiger partial charge < -0.3 is 10.2 Å². The third-order valence-corrected chi connectivity index (χ3v) is 2.95. The molecule has 1 aliphatic carbocycles. The first-order valence-electron chi connectivity index (χ1n) is 4.33. The molecule has 0 radical (unpaired) electrons. The molecule has 1 aromatic carbocycles. The molecule has 1 aliphatic rings. The number of benzene rings is 1. The van der Waals surface area contributed by atoms with Crippen LogP contribution >= 0.6 is 11.6 Å². The lowest BCUT2D eigenvalue weighted by atomic mass is 9.75. The third kappa shape index (κ3) is 1.40. The Balaban J connectivity index is 2.40. The highest BCUT2D eigenvalue weighted by atomic mass is 35.5. The predicted molar refractivity (Wildman–Crippen MR) is 50.9 cm³/mol. The van der Waals surface area contributed by atoms with Gasteiger partial charge in [0.05, 0.1) is 10.6 Å². The maximum absolute atomic E-state index is 9.99. The molecular formula is C10H11ClO2. The fourth-order valence-electron chi connectivity index (χ4n) is 1.66. The number of aromatic hydroxyl groups is 1. The van der Waals surface area contributed by atoms with E-state index in [1.54, 1.807) is 12.1 Å². The Bertz CT molecular complexity index is 332. The lowest BCUT2D eigenvalue weighted by Crippen LogP contribution is -2.33. The summed E-state index contributed by atoms with van der Waals surface area (Å²) in [5, 5.41) is 19.6. The molecule has 13 heavy (non-hydrogen) atoms. The van der Waals surface area contributed by atoms with E-state index in [-0.39, 0.29) is 5.75 Å². The molecule has 0 spiro atoms. The quantitative estimate of drug-likeness (QED) is 0.728. The Hall–Kier alpha value is -0.730. The molecule has 2 nitrogen and oxygen atoms in total. The second-order valence-corrected chi connectivity index (χ2v) is 3.96. The predicted octanol–water partition coefficient (Wildman–Crippen LogP) is 2.42. The summed E-state index contributed by atoms with van der Waals surface area (Å²) in [5.41, 5.74) is -0.0108. The molecule has 0 amide bonds. The molecule has 0 heterocycles. The Kier molecular flexibility index (Phi) is 1.97.